The molecule has 0 aromatic heterocycles. The second-order valence-electron chi connectivity index (χ2n) is 7.80. The molecule has 1 nitrogen and oxygen atoms in total. The van der Waals surface area contributed by atoms with Crippen LogP contribution >= 0.6 is 0 Å². The van der Waals surface area contributed by atoms with Crippen molar-refractivity contribution in [3.8, 4) is 0 Å². The molecular weight excluding hydrogens is 220 g/mol. The normalized spacial score (nSPS) is 29.5. The summed E-state index contributed by atoms with van der Waals surface area (Å²) >= 11 is 0. The van der Waals surface area contributed by atoms with Gasteiger partial charge < -0.3 is 5.11 Å². The van der Waals surface area contributed by atoms with Crippen LogP contribution in [0, 0.1) is 16.7 Å². The molecule has 1 aliphatic carbocycles. The van der Waals surface area contributed by atoms with Crippen molar-refractivity contribution in [3.63, 3.8) is 0 Å². The van der Waals surface area contributed by atoms with Crippen LogP contribution in [-0.2, 0) is 0 Å². The van der Waals surface area contributed by atoms with Crippen LogP contribution in [0.4, 0.5) is 0 Å². The summed E-state index contributed by atoms with van der Waals surface area (Å²) in [6.07, 6.45) is 11.8. The van der Waals surface area contributed by atoms with Crippen molar-refractivity contribution in [2.45, 2.75) is 85.5 Å². The van der Waals surface area contributed by atoms with Crippen LogP contribution in [0.15, 0.2) is 0 Å². The fourth-order valence-corrected chi connectivity index (χ4v) is 3.20. The standard InChI is InChI=1S/C17H34O/c1-5-6-7-15-8-10-17(14-18,11-9-15)13-12-16(2,3)4/h15,18H,5-14H2,1-4H3. The highest BCUT2D eigenvalue weighted by Crippen LogP contribution is 2.45. The van der Waals surface area contributed by atoms with E-state index in [4.69, 9.17) is 0 Å². The quantitative estimate of drug-likeness (QED) is 0.693. The zero-order valence-corrected chi connectivity index (χ0v) is 13.1. The highest BCUT2D eigenvalue weighted by atomic mass is 16.3. The molecule has 0 radical (unpaired) electrons. The number of unbranched alkanes of at least 4 members (excludes halogenated alkanes) is 1. The number of rotatable bonds is 6. The monoisotopic (exact) mass is 254 g/mol. The van der Waals surface area contributed by atoms with Gasteiger partial charge in [-0.15, -0.1) is 0 Å². The van der Waals surface area contributed by atoms with E-state index < -0.39 is 0 Å². The Bertz CT molecular complexity index is 218. The van der Waals surface area contributed by atoms with E-state index >= 15 is 0 Å². The van der Waals surface area contributed by atoms with Gasteiger partial charge in [0, 0.05) is 6.61 Å². The third kappa shape index (κ3) is 5.30. The zero-order valence-electron chi connectivity index (χ0n) is 13.1. The Balaban J connectivity index is 2.39. The minimum absolute atomic E-state index is 0.260. The van der Waals surface area contributed by atoms with Crippen molar-refractivity contribution in [1.29, 1.82) is 0 Å². The Morgan fingerprint density at radius 2 is 1.78 bits per heavy atom. The molecule has 0 aliphatic heterocycles. The molecule has 1 aliphatic rings. The molecule has 0 aromatic carbocycles. The lowest BCUT2D eigenvalue weighted by molar-refractivity contribution is 0.0439. The summed E-state index contributed by atoms with van der Waals surface area (Å²) in [6.45, 7) is 9.62. The maximum absolute atomic E-state index is 9.80. The number of hydrogen-bond acceptors (Lipinski definition) is 1. The summed E-state index contributed by atoms with van der Waals surface area (Å²) in [5.74, 6) is 0.944. The Hall–Kier alpha value is -0.0400. The van der Waals surface area contributed by atoms with Crippen molar-refractivity contribution in [1.82, 2.24) is 0 Å². The Kier molecular flexibility index (Phi) is 6.17. The van der Waals surface area contributed by atoms with Gasteiger partial charge in [-0.25, -0.2) is 0 Å². The summed E-state index contributed by atoms with van der Waals surface area (Å²) < 4.78 is 0. The predicted octanol–water partition coefficient (Wildman–Crippen LogP) is 5.17. The molecular formula is C17H34O. The molecule has 0 aromatic rings. The summed E-state index contributed by atoms with van der Waals surface area (Å²) in [4.78, 5) is 0. The van der Waals surface area contributed by atoms with Gasteiger partial charge in [-0.2, -0.15) is 0 Å². The number of aliphatic hydroxyl groups is 1. The lowest BCUT2D eigenvalue weighted by Crippen LogP contribution is -2.32. The first-order valence-electron chi connectivity index (χ1n) is 8.02. The number of aliphatic hydroxyl groups excluding tert-OH is 1. The first-order chi connectivity index (χ1) is 8.41. The van der Waals surface area contributed by atoms with E-state index in [0.29, 0.717) is 12.0 Å². The van der Waals surface area contributed by atoms with Crippen LogP contribution in [-0.4, -0.2) is 11.7 Å². The molecule has 0 amide bonds. The van der Waals surface area contributed by atoms with E-state index in [2.05, 4.69) is 27.7 Å². The Morgan fingerprint density at radius 3 is 2.22 bits per heavy atom. The molecule has 1 saturated carbocycles. The second-order valence-corrected chi connectivity index (χ2v) is 7.80. The van der Waals surface area contributed by atoms with E-state index in [1.807, 2.05) is 0 Å². The van der Waals surface area contributed by atoms with Gasteiger partial charge in [-0.3, -0.25) is 0 Å². The second kappa shape index (κ2) is 6.93. The van der Waals surface area contributed by atoms with Crippen LogP contribution in [0.25, 0.3) is 0 Å². The molecule has 0 bridgehead atoms. The highest BCUT2D eigenvalue weighted by molar-refractivity contribution is 4.86. The first kappa shape index (κ1) is 16.0. The molecule has 0 spiro atoms. The molecule has 18 heavy (non-hydrogen) atoms. The van der Waals surface area contributed by atoms with Gasteiger partial charge in [0.15, 0.2) is 0 Å². The highest BCUT2D eigenvalue weighted by Gasteiger charge is 2.35. The van der Waals surface area contributed by atoms with Crippen molar-refractivity contribution < 1.29 is 5.11 Å². The third-order valence-corrected chi connectivity index (χ3v) is 4.87. The van der Waals surface area contributed by atoms with Crippen LogP contribution < -0.4 is 0 Å². The van der Waals surface area contributed by atoms with Crippen molar-refractivity contribution in [2.24, 2.45) is 16.7 Å². The molecule has 108 valence electrons. The predicted molar refractivity (Wildman–Crippen MR) is 79.7 cm³/mol. The summed E-state index contributed by atoms with van der Waals surface area (Å²) in [5.41, 5.74) is 0.664. The molecule has 1 rings (SSSR count). The maximum Gasteiger partial charge on any atom is 0.0487 e. The van der Waals surface area contributed by atoms with Crippen molar-refractivity contribution in [2.75, 3.05) is 6.61 Å². The van der Waals surface area contributed by atoms with Gasteiger partial charge in [0.2, 0.25) is 0 Å². The van der Waals surface area contributed by atoms with Crippen molar-refractivity contribution in [3.05, 3.63) is 0 Å². The average molecular weight is 254 g/mol. The lowest BCUT2D eigenvalue weighted by Gasteiger charge is -2.40. The third-order valence-electron chi connectivity index (χ3n) is 4.87. The van der Waals surface area contributed by atoms with Gasteiger partial charge in [0.25, 0.3) is 0 Å². The van der Waals surface area contributed by atoms with Gasteiger partial charge in [-0.1, -0.05) is 47.0 Å². The van der Waals surface area contributed by atoms with Gasteiger partial charge >= 0.3 is 0 Å². The Morgan fingerprint density at radius 1 is 1.17 bits per heavy atom. The van der Waals surface area contributed by atoms with Crippen molar-refractivity contribution >= 4 is 0 Å². The molecule has 0 heterocycles. The largest absolute Gasteiger partial charge is 0.396 e. The van der Waals surface area contributed by atoms with Gasteiger partial charge in [0.05, 0.1) is 0 Å². The molecule has 1 N–H and O–H groups in total. The number of hydrogen-bond donors (Lipinski definition) is 1. The zero-order chi connectivity index (χ0) is 13.6. The summed E-state index contributed by atoms with van der Waals surface area (Å²) in [5, 5.41) is 9.80. The average Bonchev–Trinajstić information content (AvgIpc) is 2.34. The molecule has 0 atom stereocenters. The van der Waals surface area contributed by atoms with Crippen LogP contribution in [0.2, 0.25) is 0 Å². The fourth-order valence-electron chi connectivity index (χ4n) is 3.20. The van der Waals surface area contributed by atoms with E-state index in [9.17, 15) is 5.11 Å². The van der Waals surface area contributed by atoms with E-state index in [1.54, 1.807) is 0 Å². The fraction of sp³-hybridized carbons (Fsp3) is 1.00. The van der Waals surface area contributed by atoms with Gasteiger partial charge in [-0.05, 0) is 55.3 Å². The topological polar surface area (TPSA) is 20.2 Å². The smallest absolute Gasteiger partial charge is 0.0487 e. The molecule has 1 heteroatoms. The first-order valence-corrected chi connectivity index (χ1v) is 8.02. The lowest BCUT2D eigenvalue weighted by atomic mass is 9.66. The molecule has 0 unspecified atom stereocenters. The molecule has 0 saturated heterocycles. The summed E-state index contributed by atoms with van der Waals surface area (Å²) in [7, 11) is 0. The minimum atomic E-state index is 0.260. The Labute approximate surface area is 114 Å². The van der Waals surface area contributed by atoms with E-state index in [1.165, 1.54) is 57.8 Å². The van der Waals surface area contributed by atoms with E-state index in [0.717, 1.165) is 5.92 Å². The molecule has 1 fully saturated rings. The van der Waals surface area contributed by atoms with E-state index in [-0.39, 0.29) is 5.41 Å². The van der Waals surface area contributed by atoms with Crippen LogP contribution in [0.3, 0.4) is 0 Å². The minimum Gasteiger partial charge on any atom is -0.396 e. The SMILES string of the molecule is CCCCC1CCC(CO)(CCC(C)(C)C)CC1. The maximum atomic E-state index is 9.80. The van der Waals surface area contributed by atoms with Crippen LogP contribution in [0.1, 0.15) is 85.5 Å². The van der Waals surface area contributed by atoms with Crippen LogP contribution in [0.5, 0.6) is 0 Å². The van der Waals surface area contributed by atoms with Gasteiger partial charge in [0.1, 0.15) is 0 Å². The summed E-state index contributed by atoms with van der Waals surface area (Å²) in [6, 6.07) is 0.